The van der Waals surface area contributed by atoms with E-state index in [2.05, 4.69) is 10.6 Å². The van der Waals surface area contributed by atoms with Crippen LogP contribution in [0, 0.1) is 5.82 Å². The number of thiophene rings is 1. The summed E-state index contributed by atoms with van der Waals surface area (Å²) in [7, 11) is 0. The SMILES string of the molecule is O=C(Nc1cccc(N2CCCNC2=O)c1)c1ccc(-c2ccc(F)cc2)s1. The lowest BCUT2D eigenvalue weighted by atomic mass is 10.2. The molecule has 1 aliphatic heterocycles. The Morgan fingerprint density at radius 1 is 1.11 bits per heavy atom. The number of halogens is 1. The molecule has 0 saturated carbocycles. The lowest BCUT2D eigenvalue weighted by Gasteiger charge is -2.27. The summed E-state index contributed by atoms with van der Waals surface area (Å²) < 4.78 is 13.1. The normalized spacial score (nSPS) is 13.9. The van der Waals surface area contributed by atoms with E-state index in [0.717, 1.165) is 22.5 Å². The molecule has 0 atom stereocenters. The van der Waals surface area contributed by atoms with Crippen molar-refractivity contribution in [2.45, 2.75) is 6.42 Å². The first-order chi connectivity index (χ1) is 13.6. The highest BCUT2D eigenvalue weighted by Crippen LogP contribution is 2.29. The fourth-order valence-corrected chi connectivity index (χ4v) is 3.96. The summed E-state index contributed by atoms with van der Waals surface area (Å²) >= 11 is 1.34. The number of nitrogens with zero attached hydrogens (tertiary/aromatic N) is 1. The molecule has 1 fully saturated rings. The molecule has 1 aromatic heterocycles. The van der Waals surface area contributed by atoms with Crippen LogP contribution in [0.15, 0.2) is 60.7 Å². The molecular formula is C21H18FN3O2S. The number of rotatable bonds is 4. The summed E-state index contributed by atoms with van der Waals surface area (Å²) in [6, 6.07) is 16.9. The molecule has 142 valence electrons. The second-order valence-corrected chi connectivity index (χ2v) is 7.50. The summed E-state index contributed by atoms with van der Waals surface area (Å²) in [5.41, 5.74) is 2.23. The van der Waals surface area contributed by atoms with Crippen LogP contribution in [0.25, 0.3) is 10.4 Å². The van der Waals surface area contributed by atoms with Crippen LogP contribution in [0.2, 0.25) is 0 Å². The van der Waals surface area contributed by atoms with E-state index < -0.39 is 0 Å². The Bertz CT molecular complexity index is 1020. The number of amides is 3. The first-order valence-corrected chi connectivity index (χ1v) is 9.74. The maximum atomic E-state index is 13.1. The smallest absolute Gasteiger partial charge is 0.321 e. The van der Waals surface area contributed by atoms with Gasteiger partial charge in [0.25, 0.3) is 5.91 Å². The molecule has 0 radical (unpaired) electrons. The molecule has 0 unspecified atom stereocenters. The summed E-state index contributed by atoms with van der Waals surface area (Å²) in [4.78, 5) is 27.7. The summed E-state index contributed by atoms with van der Waals surface area (Å²) in [5.74, 6) is -0.515. The van der Waals surface area contributed by atoms with Crippen molar-refractivity contribution in [3.8, 4) is 10.4 Å². The number of carbonyl (C=O) groups is 2. The van der Waals surface area contributed by atoms with E-state index >= 15 is 0 Å². The highest BCUT2D eigenvalue weighted by Gasteiger charge is 2.19. The zero-order valence-electron chi connectivity index (χ0n) is 14.9. The van der Waals surface area contributed by atoms with E-state index in [-0.39, 0.29) is 17.8 Å². The van der Waals surface area contributed by atoms with E-state index in [1.54, 1.807) is 35.2 Å². The molecule has 7 heteroatoms. The summed E-state index contributed by atoms with van der Waals surface area (Å²) in [6.07, 6.45) is 0.879. The third-order valence-electron chi connectivity index (χ3n) is 4.45. The Labute approximate surface area is 165 Å². The van der Waals surface area contributed by atoms with Gasteiger partial charge in [-0.05, 0) is 54.4 Å². The van der Waals surface area contributed by atoms with Crippen LogP contribution in [-0.2, 0) is 0 Å². The summed E-state index contributed by atoms with van der Waals surface area (Å²) in [5, 5.41) is 5.70. The van der Waals surface area contributed by atoms with E-state index in [9.17, 15) is 14.0 Å². The van der Waals surface area contributed by atoms with Gasteiger partial charge in [-0.25, -0.2) is 9.18 Å². The van der Waals surface area contributed by atoms with Gasteiger partial charge in [-0.1, -0.05) is 18.2 Å². The summed E-state index contributed by atoms with van der Waals surface area (Å²) in [6.45, 7) is 1.33. The Morgan fingerprint density at radius 3 is 2.71 bits per heavy atom. The Morgan fingerprint density at radius 2 is 1.93 bits per heavy atom. The second-order valence-electron chi connectivity index (χ2n) is 6.41. The quantitative estimate of drug-likeness (QED) is 0.671. The minimum absolute atomic E-state index is 0.128. The maximum absolute atomic E-state index is 13.1. The van der Waals surface area contributed by atoms with Crippen molar-refractivity contribution in [3.05, 3.63) is 71.4 Å². The van der Waals surface area contributed by atoms with Crippen molar-refractivity contribution in [3.63, 3.8) is 0 Å². The predicted octanol–water partition coefficient (Wildman–Crippen LogP) is 4.73. The number of nitrogens with one attached hydrogen (secondary N) is 2. The topological polar surface area (TPSA) is 61.4 Å². The van der Waals surface area contributed by atoms with Crippen LogP contribution in [0.1, 0.15) is 16.1 Å². The zero-order chi connectivity index (χ0) is 19.5. The van der Waals surface area contributed by atoms with Crippen molar-refractivity contribution in [2.75, 3.05) is 23.3 Å². The van der Waals surface area contributed by atoms with Crippen LogP contribution < -0.4 is 15.5 Å². The second kappa shape index (κ2) is 7.82. The number of hydrogen-bond acceptors (Lipinski definition) is 3. The molecule has 3 aromatic rings. The number of hydrogen-bond donors (Lipinski definition) is 2. The average molecular weight is 395 g/mol. The van der Waals surface area contributed by atoms with Gasteiger partial charge >= 0.3 is 6.03 Å². The van der Waals surface area contributed by atoms with Gasteiger partial charge in [0.2, 0.25) is 0 Å². The Hall–Kier alpha value is -3.19. The van der Waals surface area contributed by atoms with Gasteiger partial charge in [0.05, 0.1) is 4.88 Å². The third kappa shape index (κ3) is 3.89. The van der Waals surface area contributed by atoms with Crippen LogP contribution in [-0.4, -0.2) is 25.0 Å². The predicted molar refractivity (Wildman–Crippen MR) is 109 cm³/mol. The molecule has 0 bridgehead atoms. The van der Waals surface area contributed by atoms with Crippen molar-refractivity contribution < 1.29 is 14.0 Å². The van der Waals surface area contributed by atoms with Crippen molar-refractivity contribution >= 4 is 34.6 Å². The van der Waals surface area contributed by atoms with Crippen LogP contribution in [0.4, 0.5) is 20.6 Å². The van der Waals surface area contributed by atoms with Crippen molar-refractivity contribution in [1.29, 1.82) is 0 Å². The van der Waals surface area contributed by atoms with E-state index in [1.165, 1.54) is 23.5 Å². The first-order valence-electron chi connectivity index (χ1n) is 8.93. The Balaban J connectivity index is 1.49. The fourth-order valence-electron chi connectivity index (χ4n) is 3.05. The van der Waals surface area contributed by atoms with Crippen LogP contribution in [0.3, 0.4) is 0 Å². The third-order valence-corrected chi connectivity index (χ3v) is 5.59. The molecule has 0 aliphatic carbocycles. The van der Waals surface area contributed by atoms with Gasteiger partial charge in [-0.2, -0.15) is 0 Å². The minimum atomic E-state index is -0.291. The van der Waals surface area contributed by atoms with Gasteiger partial charge in [0.15, 0.2) is 0 Å². The highest BCUT2D eigenvalue weighted by molar-refractivity contribution is 7.17. The van der Waals surface area contributed by atoms with Gasteiger partial charge in [-0.15, -0.1) is 11.3 Å². The van der Waals surface area contributed by atoms with E-state index in [0.29, 0.717) is 23.7 Å². The number of carbonyl (C=O) groups excluding carboxylic acids is 2. The molecule has 2 aromatic carbocycles. The molecule has 1 saturated heterocycles. The standard InChI is InChI=1S/C21H18FN3O2S/c22-15-7-5-14(6-8-15)18-9-10-19(28-18)20(26)24-16-3-1-4-17(13-16)25-12-2-11-23-21(25)27/h1,3-10,13H,2,11-12H2,(H,23,27)(H,24,26). The molecule has 5 nitrogen and oxygen atoms in total. The largest absolute Gasteiger partial charge is 0.338 e. The van der Waals surface area contributed by atoms with Gasteiger partial charge in [0.1, 0.15) is 5.82 Å². The van der Waals surface area contributed by atoms with Crippen molar-refractivity contribution in [2.24, 2.45) is 0 Å². The van der Waals surface area contributed by atoms with E-state index in [1.807, 2.05) is 18.2 Å². The molecule has 0 spiro atoms. The zero-order valence-corrected chi connectivity index (χ0v) is 15.8. The number of anilines is 2. The van der Waals surface area contributed by atoms with Gasteiger partial charge in [0, 0.05) is 29.3 Å². The monoisotopic (exact) mass is 395 g/mol. The van der Waals surface area contributed by atoms with Crippen molar-refractivity contribution in [1.82, 2.24) is 5.32 Å². The number of urea groups is 1. The molecule has 2 heterocycles. The lowest BCUT2D eigenvalue weighted by Crippen LogP contribution is -2.46. The number of benzene rings is 2. The highest BCUT2D eigenvalue weighted by atomic mass is 32.1. The molecule has 3 amide bonds. The molecule has 4 rings (SSSR count). The molecule has 28 heavy (non-hydrogen) atoms. The van der Waals surface area contributed by atoms with Gasteiger partial charge in [-0.3, -0.25) is 9.69 Å². The van der Waals surface area contributed by atoms with E-state index in [4.69, 9.17) is 0 Å². The Kier molecular flexibility index (Phi) is 5.08. The lowest BCUT2D eigenvalue weighted by molar-refractivity contribution is 0.103. The minimum Gasteiger partial charge on any atom is -0.338 e. The first kappa shape index (κ1) is 18.2. The molecular weight excluding hydrogens is 377 g/mol. The molecule has 2 N–H and O–H groups in total. The maximum Gasteiger partial charge on any atom is 0.321 e. The molecule has 1 aliphatic rings. The fraction of sp³-hybridized carbons (Fsp3) is 0.143. The average Bonchev–Trinajstić information content (AvgIpc) is 3.19. The van der Waals surface area contributed by atoms with Crippen LogP contribution in [0.5, 0.6) is 0 Å². The van der Waals surface area contributed by atoms with Gasteiger partial charge < -0.3 is 10.6 Å². The van der Waals surface area contributed by atoms with Crippen LogP contribution >= 0.6 is 11.3 Å².